The number of alkyl halides is 1. The first-order chi connectivity index (χ1) is 5.18. The number of hydrogen-bond acceptors (Lipinski definition) is 1. The van der Waals surface area contributed by atoms with Gasteiger partial charge < -0.3 is 5.32 Å². The van der Waals surface area contributed by atoms with Gasteiger partial charge >= 0.3 is 0 Å². The number of carbonyl (C=O) groups excluding carboxylic acids is 1. The Kier molecular flexibility index (Phi) is 6.62. The lowest BCUT2D eigenvalue weighted by Crippen LogP contribution is -2.30. The number of amides is 1. The van der Waals surface area contributed by atoms with Gasteiger partial charge in [-0.15, -0.1) is 0 Å². The van der Waals surface area contributed by atoms with Crippen LogP contribution in [-0.2, 0) is 4.79 Å². The van der Waals surface area contributed by atoms with Gasteiger partial charge in [0.2, 0.25) is 5.91 Å². The van der Waals surface area contributed by atoms with E-state index in [0.29, 0.717) is 0 Å². The molecule has 0 fully saturated rings. The third-order valence-corrected chi connectivity index (χ3v) is 1.86. The molecule has 1 N–H and O–H groups in total. The van der Waals surface area contributed by atoms with Gasteiger partial charge in [0.25, 0.3) is 0 Å². The van der Waals surface area contributed by atoms with Crippen molar-refractivity contribution >= 4 is 21.8 Å². The van der Waals surface area contributed by atoms with Crippen LogP contribution in [0.4, 0.5) is 0 Å². The van der Waals surface area contributed by atoms with Crippen LogP contribution in [-0.4, -0.2) is 17.3 Å². The van der Waals surface area contributed by atoms with Crippen molar-refractivity contribution in [2.75, 3.05) is 6.54 Å². The van der Waals surface area contributed by atoms with Crippen molar-refractivity contribution in [1.82, 2.24) is 5.32 Å². The molecule has 0 aromatic rings. The van der Waals surface area contributed by atoms with Gasteiger partial charge in [-0.2, -0.15) is 0 Å². The van der Waals surface area contributed by atoms with Gasteiger partial charge in [0, 0.05) is 6.54 Å². The number of nitrogens with one attached hydrogen (secondary N) is 1. The van der Waals surface area contributed by atoms with Gasteiger partial charge in [-0.05, 0) is 13.3 Å². The fourth-order valence-corrected chi connectivity index (χ4v) is 0.889. The summed E-state index contributed by atoms with van der Waals surface area (Å²) in [6.45, 7) is 4.78. The smallest absolute Gasteiger partial charge is 0.233 e. The van der Waals surface area contributed by atoms with Crippen molar-refractivity contribution in [3.05, 3.63) is 0 Å². The van der Waals surface area contributed by atoms with E-state index >= 15 is 0 Å². The topological polar surface area (TPSA) is 29.1 Å². The van der Waals surface area contributed by atoms with Gasteiger partial charge in [0.1, 0.15) is 0 Å². The molecule has 1 atom stereocenters. The Morgan fingerprint density at radius 3 is 2.64 bits per heavy atom. The highest BCUT2D eigenvalue weighted by Gasteiger charge is 2.05. The fraction of sp³-hybridized carbons (Fsp3) is 0.875. The average Bonchev–Trinajstić information content (AvgIpc) is 1.97. The van der Waals surface area contributed by atoms with Crippen LogP contribution in [0.1, 0.15) is 33.1 Å². The van der Waals surface area contributed by atoms with Crippen molar-refractivity contribution < 1.29 is 4.79 Å². The SMILES string of the molecule is CCCCCNC(=O)C(C)Br. The predicted molar refractivity (Wildman–Crippen MR) is 50.9 cm³/mol. The Morgan fingerprint density at radius 2 is 2.18 bits per heavy atom. The van der Waals surface area contributed by atoms with Crippen LogP contribution in [0.5, 0.6) is 0 Å². The quantitative estimate of drug-likeness (QED) is 0.560. The zero-order valence-electron chi connectivity index (χ0n) is 7.19. The maximum Gasteiger partial charge on any atom is 0.233 e. The molecule has 0 aliphatic heterocycles. The van der Waals surface area contributed by atoms with Crippen LogP contribution in [0.3, 0.4) is 0 Å². The number of carbonyl (C=O) groups is 1. The fourth-order valence-electron chi connectivity index (χ4n) is 0.727. The summed E-state index contributed by atoms with van der Waals surface area (Å²) in [4.78, 5) is 10.9. The molecule has 11 heavy (non-hydrogen) atoms. The molecular formula is C8H16BrNO. The highest BCUT2D eigenvalue weighted by Crippen LogP contribution is 1.97. The lowest BCUT2D eigenvalue weighted by Gasteiger charge is -2.04. The molecule has 0 aliphatic carbocycles. The Bertz CT molecular complexity index is 115. The summed E-state index contributed by atoms with van der Waals surface area (Å²) in [5, 5.41) is 2.83. The highest BCUT2D eigenvalue weighted by molar-refractivity contribution is 9.10. The second kappa shape index (κ2) is 6.65. The van der Waals surface area contributed by atoms with Crippen LogP contribution >= 0.6 is 15.9 Å². The first kappa shape index (κ1) is 11.0. The Labute approximate surface area is 76.9 Å². The first-order valence-corrected chi connectivity index (χ1v) is 5.01. The molecule has 0 aromatic heterocycles. The number of hydrogen-bond donors (Lipinski definition) is 1. The Balaban J connectivity index is 3.18. The van der Waals surface area contributed by atoms with Gasteiger partial charge in [-0.1, -0.05) is 35.7 Å². The minimum Gasteiger partial charge on any atom is -0.355 e. The number of unbranched alkanes of at least 4 members (excludes halogenated alkanes) is 2. The molecule has 0 bridgehead atoms. The Hall–Kier alpha value is -0.0500. The van der Waals surface area contributed by atoms with Gasteiger partial charge in [-0.25, -0.2) is 0 Å². The van der Waals surface area contributed by atoms with Crippen LogP contribution in [0.25, 0.3) is 0 Å². The summed E-state index contributed by atoms with van der Waals surface area (Å²) >= 11 is 3.20. The number of halogens is 1. The summed E-state index contributed by atoms with van der Waals surface area (Å²) in [6, 6.07) is 0. The van der Waals surface area contributed by atoms with Crippen molar-refractivity contribution in [3.63, 3.8) is 0 Å². The predicted octanol–water partition coefficient (Wildman–Crippen LogP) is 2.08. The molecule has 0 radical (unpaired) electrons. The molecule has 0 aromatic carbocycles. The monoisotopic (exact) mass is 221 g/mol. The molecule has 0 heterocycles. The molecule has 0 spiro atoms. The maximum absolute atomic E-state index is 10.9. The second-order valence-corrected chi connectivity index (χ2v) is 3.99. The Morgan fingerprint density at radius 1 is 1.55 bits per heavy atom. The van der Waals surface area contributed by atoms with Crippen LogP contribution in [0.2, 0.25) is 0 Å². The van der Waals surface area contributed by atoms with Crippen molar-refractivity contribution in [2.45, 2.75) is 37.9 Å². The molecule has 2 nitrogen and oxygen atoms in total. The number of rotatable bonds is 5. The summed E-state index contributed by atoms with van der Waals surface area (Å²) < 4.78 is 0. The standard InChI is InChI=1S/C8H16BrNO/c1-3-4-5-6-10-8(11)7(2)9/h7H,3-6H2,1-2H3,(H,10,11). The van der Waals surface area contributed by atoms with E-state index in [9.17, 15) is 4.79 Å². The zero-order chi connectivity index (χ0) is 8.69. The average molecular weight is 222 g/mol. The largest absolute Gasteiger partial charge is 0.355 e. The van der Waals surface area contributed by atoms with E-state index in [1.54, 1.807) is 0 Å². The molecule has 1 amide bonds. The maximum atomic E-state index is 10.9. The summed E-state index contributed by atoms with van der Waals surface area (Å²) in [7, 11) is 0. The highest BCUT2D eigenvalue weighted by atomic mass is 79.9. The molecule has 0 saturated carbocycles. The molecule has 1 unspecified atom stereocenters. The summed E-state index contributed by atoms with van der Waals surface area (Å²) in [5.41, 5.74) is 0. The van der Waals surface area contributed by atoms with Crippen LogP contribution in [0.15, 0.2) is 0 Å². The van der Waals surface area contributed by atoms with Gasteiger partial charge in [-0.3, -0.25) is 4.79 Å². The molecule has 0 rings (SSSR count). The zero-order valence-corrected chi connectivity index (χ0v) is 8.78. The van der Waals surface area contributed by atoms with Crippen molar-refractivity contribution in [3.8, 4) is 0 Å². The third kappa shape index (κ3) is 6.35. The minimum absolute atomic E-state index is 0.0656. The van der Waals surface area contributed by atoms with E-state index in [0.717, 1.165) is 13.0 Å². The van der Waals surface area contributed by atoms with Crippen LogP contribution in [0, 0.1) is 0 Å². The lowest BCUT2D eigenvalue weighted by atomic mass is 10.2. The van der Waals surface area contributed by atoms with Crippen LogP contribution < -0.4 is 5.32 Å². The van der Waals surface area contributed by atoms with Crippen molar-refractivity contribution in [1.29, 1.82) is 0 Å². The van der Waals surface area contributed by atoms with Crippen molar-refractivity contribution in [2.24, 2.45) is 0 Å². The first-order valence-electron chi connectivity index (χ1n) is 4.10. The molecule has 0 saturated heterocycles. The van der Waals surface area contributed by atoms with E-state index in [1.807, 2.05) is 6.92 Å². The lowest BCUT2D eigenvalue weighted by molar-refractivity contribution is -0.120. The van der Waals surface area contributed by atoms with E-state index in [4.69, 9.17) is 0 Å². The summed E-state index contributed by atoms with van der Waals surface area (Å²) in [5.74, 6) is 0.0844. The van der Waals surface area contributed by atoms with Gasteiger partial charge in [0.05, 0.1) is 4.83 Å². The van der Waals surface area contributed by atoms with E-state index < -0.39 is 0 Å². The molecule has 3 heteroatoms. The normalized spacial score (nSPS) is 12.6. The van der Waals surface area contributed by atoms with Gasteiger partial charge in [0.15, 0.2) is 0 Å². The molecule has 66 valence electrons. The molecule has 0 aliphatic rings. The summed E-state index contributed by atoms with van der Waals surface area (Å²) in [6.07, 6.45) is 3.47. The third-order valence-electron chi connectivity index (χ3n) is 1.44. The van der Waals surface area contributed by atoms with E-state index in [1.165, 1.54) is 12.8 Å². The van der Waals surface area contributed by atoms with E-state index in [2.05, 4.69) is 28.2 Å². The van der Waals surface area contributed by atoms with E-state index in [-0.39, 0.29) is 10.7 Å². The second-order valence-electron chi connectivity index (χ2n) is 2.61. The minimum atomic E-state index is -0.0656. The molecular weight excluding hydrogens is 206 g/mol.